The Balaban J connectivity index is 0.000000265. The van der Waals surface area contributed by atoms with Gasteiger partial charge in [0.25, 0.3) is 5.56 Å². The van der Waals surface area contributed by atoms with Crippen molar-refractivity contribution in [2.24, 2.45) is 5.10 Å². The number of rotatable bonds is 25. The Bertz CT molecular complexity index is 2140. The maximum Gasteiger partial charge on any atom is 0.313 e. The van der Waals surface area contributed by atoms with Crippen molar-refractivity contribution < 1.29 is 47.5 Å². The van der Waals surface area contributed by atoms with Crippen LogP contribution in [0, 0.1) is 0 Å². The summed E-state index contributed by atoms with van der Waals surface area (Å²) in [7, 11) is 1.78. The molecule has 350 valence electrons. The minimum Gasteiger partial charge on any atom is -0.491 e. The van der Waals surface area contributed by atoms with Crippen LogP contribution in [0.15, 0.2) is 58.4 Å². The van der Waals surface area contributed by atoms with Crippen LogP contribution in [0.25, 0.3) is 22.3 Å². The molecular weight excluding hydrogens is 821 g/mol. The van der Waals surface area contributed by atoms with E-state index in [1.807, 2.05) is 56.3 Å². The molecule has 4 aromatic rings. The second-order valence-electron chi connectivity index (χ2n) is 14.9. The summed E-state index contributed by atoms with van der Waals surface area (Å²) in [4.78, 5) is 41.1. The van der Waals surface area contributed by atoms with Gasteiger partial charge in [-0.15, -0.1) is 0 Å². The van der Waals surface area contributed by atoms with E-state index in [9.17, 15) is 14.4 Å². The number of esters is 1. The maximum atomic E-state index is 13.3. The van der Waals surface area contributed by atoms with E-state index in [0.29, 0.717) is 96.6 Å². The van der Waals surface area contributed by atoms with Gasteiger partial charge in [-0.3, -0.25) is 14.4 Å². The van der Waals surface area contributed by atoms with Crippen molar-refractivity contribution in [1.29, 1.82) is 0 Å². The number of aryl methyl sites for hydroxylation is 1. The summed E-state index contributed by atoms with van der Waals surface area (Å²) in [6, 6.07) is 15.4. The molecule has 4 heterocycles. The van der Waals surface area contributed by atoms with E-state index in [-0.39, 0.29) is 24.7 Å². The summed E-state index contributed by atoms with van der Waals surface area (Å²) in [5.74, 6) is 0.724. The lowest BCUT2D eigenvalue weighted by molar-refractivity contribution is -0.148. The predicted molar refractivity (Wildman–Crippen MR) is 248 cm³/mol. The number of benzene rings is 2. The van der Waals surface area contributed by atoms with Gasteiger partial charge in [-0.2, -0.15) is 5.10 Å². The summed E-state index contributed by atoms with van der Waals surface area (Å²) in [6.45, 7) is 19.1. The number of nitrogens with zero attached hydrogens (tertiary/aromatic N) is 3. The van der Waals surface area contributed by atoms with E-state index in [0.717, 1.165) is 75.5 Å². The number of aromatic nitrogens is 2. The lowest BCUT2D eigenvalue weighted by Gasteiger charge is -2.24. The SMILES string of the molecule is CCC.CCCOCCOCCOCCOCCOCCOc1ccc(/C(C)=N/NC)cc1.CCc1c2c(nc3ccc(OCC=O)cc13)-c1cc3c(c(=O)n1C2)COC(=O)C3CC. The first-order valence-corrected chi connectivity index (χ1v) is 22.5. The highest BCUT2D eigenvalue weighted by molar-refractivity contribution is 5.98. The highest BCUT2D eigenvalue weighted by Crippen LogP contribution is 2.39. The molecule has 15 nitrogen and oxygen atoms in total. The van der Waals surface area contributed by atoms with Gasteiger partial charge in [0.2, 0.25) is 0 Å². The smallest absolute Gasteiger partial charge is 0.313 e. The predicted octanol–water partition coefficient (Wildman–Crippen LogP) is 7.03. The Morgan fingerprint density at radius 1 is 0.797 bits per heavy atom. The summed E-state index contributed by atoms with van der Waals surface area (Å²) < 4.78 is 45.2. The van der Waals surface area contributed by atoms with Gasteiger partial charge in [-0.05, 0) is 91.4 Å². The third-order valence-electron chi connectivity index (χ3n) is 10.2. The molecule has 0 fully saturated rings. The van der Waals surface area contributed by atoms with Crippen LogP contribution >= 0.6 is 0 Å². The molecule has 2 aromatic carbocycles. The zero-order valence-electron chi connectivity index (χ0n) is 38.8. The van der Waals surface area contributed by atoms with Crippen molar-refractivity contribution in [3.05, 3.63) is 86.7 Å². The Kier molecular flexibility index (Phi) is 23.0. The summed E-state index contributed by atoms with van der Waals surface area (Å²) in [5.41, 5.74) is 10.5. The number of carbonyl (C=O) groups excluding carboxylic acids is 2. The number of hydrazone groups is 1. The summed E-state index contributed by atoms with van der Waals surface area (Å²) in [5, 5.41) is 5.11. The van der Waals surface area contributed by atoms with E-state index in [1.165, 1.54) is 6.42 Å². The van der Waals surface area contributed by atoms with E-state index in [4.69, 9.17) is 42.9 Å². The molecule has 0 aliphatic carbocycles. The van der Waals surface area contributed by atoms with Crippen molar-refractivity contribution in [2.75, 3.05) is 86.3 Å². The van der Waals surface area contributed by atoms with Crippen LogP contribution in [0.5, 0.6) is 11.5 Å². The highest BCUT2D eigenvalue weighted by Gasteiger charge is 2.34. The van der Waals surface area contributed by atoms with Crippen LogP contribution in [-0.2, 0) is 57.6 Å². The molecule has 0 bridgehead atoms. The monoisotopic (exact) mass is 888 g/mol. The number of ether oxygens (including phenoxy) is 8. The van der Waals surface area contributed by atoms with Gasteiger partial charge in [0.05, 0.1) is 100 Å². The van der Waals surface area contributed by atoms with Crippen LogP contribution in [0.2, 0.25) is 0 Å². The molecule has 0 radical (unpaired) electrons. The first-order chi connectivity index (χ1) is 31.3. The second-order valence-corrected chi connectivity index (χ2v) is 14.9. The molecule has 2 aromatic heterocycles. The van der Waals surface area contributed by atoms with Crippen molar-refractivity contribution >= 4 is 28.9 Å². The van der Waals surface area contributed by atoms with Crippen LogP contribution < -0.4 is 20.5 Å². The van der Waals surface area contributed by atoms with Crippen molar-refractivity contribution in [1.82, 2.24) is 15.0 Å². The van der Waals surface area contributed by atoms with Gasteiger partial charge in [0.1, 0.15) is 31.3 Å². The fourth-order valence-electron chi connectivity index (χ4n) is 7.16. The molecule has 0 saturated heterocycles. The molecule has 0 amide bonds. The van der Waals surface area contributed by atoms with Crippen molar-refractivity contribution in [2.45, 2.75) is 86.3 Å². The van der Waals surface area contributed by atoms with E-state index in [1.54, 1.807) is 17.7 Å². The first kappa shape index (κ1) is 51.4. The lowest BCUT2D eigenvalue weighted by atomic mass is 9.90. The molecule has 2 aliphatic rings. The molecule has 64 heavy (non-hydrogen) atoms. The molecule has 1 atom stereocenters. The van der Waals surface area contributed by atoms with Crippen LogP contribution in [0.4, 0.5) is 0 Å². The highest BCUT2D eigenvalue weighted by atomic mass is 16.6. The van der Waals surface area contributed by atoms with Gasteiger partial charge in [-0.1, -0.05) is 41.0 Å². The molecule has 0 spiro atoms. The molecular formula is C49H68N4O11. The number of fused-ring (bicyclic) bond motifs is 5. The zero-order chi connectivity index (χ0) is 46.1. The van der Waals surface area contributed by atoms with Gasteiger partial charge >= 0.3 is 5.97 Å². The molecule has 6 rings (SSSR count). The largest absolute Gasteiger partial charge is 0.491 e. The molecule has 1 unspecified atom stereocenters. The Labute approximate surface area is 377 Å². The van der Waals surface area contributed by atoms with E-state index >= 15 is 0 Å². The molecule has 15 heteroatoms. The summed E-state index contributed by atoms with van der Waals surface area (Å²) >= 11 is 0. The van der Waals surface area contributed by atoms with Crippen LogP contribution in [-0.4, -0.2) is 114 Å². The van der Waals surface area contributed by atoms with E-state index < -0.39 is 5.92 Å². The Hall–Kier alpha value is -5.19. The molecule has 2 aliphatic heterocycles. The Morgan fingerprint density at radius 2 is 1.39 bits per heavy atom. The third kappa shape index (κ3) is 14.9. The number of aldehydes is 1. The minimum atomic E-state index is -0.421. The minimum absolute atomic E-state index is 0.00287. The van der Waals surface area contributed by atoms with Crippen LogP contribution in [0.1, 0.15) is 94.5 Å². The molecule has 0 saturated carbocycles. The normalized spacial score (nSPS) is 13.7. The van der Waals surface area contributed by atoms with Gasteiger partial charge in [0, 0.05) is 24.6 Å². The van der Waals surface area contributed by atoms with Gasteiger partial charge in [-0.25, -0.2) is 4.98 Å². The van der Waals surface area contributed by atoms with Crippen molar-refractivity contribution in [3.8, 4) is 22.9 Å². The number of hydrogen-bond acceptors (Lipinski definition) is 14. The van der Waals surface area contributed by atoms with Gasteiger partial charge < -0.3 is 47.9 Å². The number of hydrogen-bond donors (Lipinski definition) is 1. The number of cyclic esters (lactones) is 1. The second kappa shape index (κ2) is 28.6. The Morgan fingerprint density at radius 3 is 1.95 bits per heavy atom. The number of pyridine rings is 2. The standard InChI is InChI=1S/C24H22N2O5.C22H38N2O6.C3H8/c1-3-14-17-9-13(30-8-7-27)5-6-20(17)25-22-18(14)11-26-21(22)10-16-15(4-2)24(29)31-12-19(16)23(26)28;1-4-9-25-10-11-26-12-13-27-14-15-28-16-17-29-18-19-30-22-7-5-21(6-8-22)20(2)24-23-3;1-3-2/h5-7,9-10,15H,3-4,8,11-12H2,1-2H3;5-8,23H,4,9-19H2,1-3H3;3H2,1-2H3/b;24-20+;. The fraction of sp³-hybridized carbons (Fsp3) is 0.531. The average molecular weight is 889 g/mol. The molecule has 1 N–H and O–H groups in total. The van der Waals surface area contributed by atoms with Crippen molar-refractivity contribution in [3.63, 3.8) is 0 Å². The van der Waals surface area contributed by atoms with E-state index in [2.05, 4.69) is 38.2 Å². The van der Waals surface area contributed by atoms with Crippen LogP contribution in [0.3, 0.4) is 0 Å². The van der Waals surface area contributed by atoms with Gasteiger partial charge in [0.15, 0.2) is 6.29 Å². The fourth-order valence-corrected chi connectivity index (χ4v) is 7.16. The maximum absolute atomic E-state index is 13.3. The number of carbonyl (C=O) groups is 2. The number of nitrogens with one attached hydrogen (secondary N) is 1. The zero-order valence-corrected chi connectivity index (χ0v) is 38.8. The third-order valence-corrected chi connectivity index (χ3v) is 10.2. The average Bonchev–Trinajstić information content (AvgIpc) is 3.67. The topological polar surface area (TPSA) is 167 Å². The lowest BCUT2D eigenvalue weighted by Crippen LogP contribution is -2.32. The quantitative estimate of drug-likeness (QED) is 0.0209. The first-order valence-electron chi connectivity index (χ1n) is 22.5. The summed E-state index contributed by atoms with van der Waals surface area (Å²) in [6.07, 6.45) is 4.34.